The summed E-state index contributed by atoms with van der Waals surface area (Å²) in [6.07, 6.45) is 0.495. The Bertz CT molecular complexity index is 938. The Morgan fingerprint density at radius 3 is 2.69 bits per heavy atom. The number of benzene rings is 2. The Balaban J connectivity index is 1.81. The van der Waals surface area contributed by atoms with Crippen molar-refractivity contribution in [3.8, 4) is 5.75 Å². The number of nitrogens with zero attached hydrogens (tertiary/aromatic N) is 2. The van der Waals surface area contributed by atoms with E-state index in [9.17, 15) is 10.1 Å². The van der Waals surface area contributed by atoms with E-state index in [-0.39, 0.29) is 12.5 Å². The molecule has 0 saturated carbocycles. The van der Waals surface area contributed by atoms with E-state index < -0.39 is 5.09 Å². The predicted octanol–water partition coefficient (Wildman–Crippen LogP) is 4.52. The molecular formula is C19H20N2O4S. The van der Waals surface area contributed by atoms with E-state index in [4.69, 9.17) is 4.74 Å². The van der Waals surface area contributed by atoms with Crippen LogP contribution in [0.5, 0.6) is 5.75 Å². The molecule has 2 aromatic carbocycles. The highest BCUT2D eigenvalue weighted by Gasteiger charge is 2.16. The van der Waals surface area contributed by atoms with Crippen LogP contribution in [0.25, 0.3) is 10.8 Å². The Morgan fingerprint density at radius 1 is 1.23 bits per heavy atom. The van der Waals surface area contributed by atoms with Gasteiger partial charge < -0.3 is 9.57 Å². The Morgan fingerprint density at radius 2 is 1.96 bits per heavy atom. The van der Waals surface area contributed by atoms with Crippen molar-refractivity contribution in [2.75, 3.05) is 13.7 Å². The van der Waals surface area contributed by atoms with E-state index in [0.717, 1.165) is 32.1 Å². The van der Waals surface area contributed by atoms with Crippen LogP contribution in [-0.2, 0) is 11.3 Å². The van der Waals surface area contributed by atoms with Crippen molar-refractivity contribution in [2.45, 2.75) is 26.2 Å². The molecule has 0 N–H and O–H groups in total. The first kappa shape index (κ1) is 18.1. The topological polar surface area (TPSA) is 74.5 Å². The molecule has 3 aromatic rings. The van der Waals surface area contributed by atoms with Gasteiger partial charge in [-0.2, -0.15) is 0 Å². The van der Waals surface area contributed by atoms with Gasteiger partial charge in [0.2, 0.25) is 0 Å². The molecule has 6 nitrogen and oxygen atoms in total. The summed E-state index contributed by atoms with van der Waals surface area (Å²) in [6.45, 7) is 4.11. The third kappa shape index (κ3) is 3.94. The fourth-order valence-electron chi connectivity index (χ4n) is 2.86. The zero-order valence-electron chi connectivity index (χ0n) is 14.9. The zero-order chi connectivity index (χ0) is 18.7. The van der Waals surface area contributed by atoms with Crippen molar-refractivity contribution >= 4 is 22.1 Å². The summed E-state index contributed by atoms with van der Waals surface area (Å²) >= 11 is 1.59. The van der Waals surface area contributed by atoms with Gasteiger partial charge in [-0.05, 0) is 35.4 Å². The summed E-state index contributed by atoms with van der Waals surface area (Å²) in [7, 11) is 1.66. The van der Waals surface area contributed by atoms with Gasteiger partial charge in [0.25, 0.3) is 5.09 Å². The third-order valence-electron chi connectivity index (χ3n) is 4.38. The second kappa shape index (κ2) is 7.70. The molecule has 0 aliphatic rings. The molecule has 0 saturated heterocycles. The average molecular weight is 372 g/mol. The summed E-state index contributed by atoms with van der Waals surface area (Å²) in [5.41, 5.74) is 2.10. The number of aromatic nitrogens is 1. The molecule has 1 aromatic heterocycles. The monoisotopic (exact) mass is 372 g/mol. The quantitative estimate of drug-likeness (QED) is 0.450. The lowest BCUT2D eigenvalue weighted by Gasteiger charge is -2.11. The standard InChI is InChI=1S/C19H20N2O4S/c1-12(19-20-13(2)18(26-19)8-9-25-21(22)23)14-4-5-16-11-17(24-3)7-6-15(16)10-14/h4-7,10-12H,8-9H2,1-3H3. The second-order valence-corrected chi connectivity index (χ2v) is 7.18. The SMILES string of the molecule is COc1ccc2cc(C(C)c3nc(C)c(CCO[N+](=O)[O-])s3)ccc2c1. The van der Waals surface area contributed by atoms with Crippen molar-refractivity contribution in [3.05, 3.63) is 67.7 Å². The highest BCUT2D eigenvalue weighted by molar-refractivity contribution is 7.11. The summed E-state index contributed by atoms with van der Waals surface area (Å²) < 4.78 is 5.27. The Kier molecular flexibility index (Phi) is 5.37. The molecule has 0 aliphatic carbocycles. The molecule has 7 heteroatoms. The summed E-state index contributed by atoms with van der Waals surface area (Å²) in [5.74, 6) is 0.991. The van der Waals surface area contributed by atoms with Crippen molar-refractivity contribution < 1.29 is 14.7 Å². The maximum absolute atomic E-state index is 10.3. The Hall–Kier alpha value is -2.67. The predicted molar refractivity (Wildman–Crippen MR) is 102 cm³/mol. The largest absolute Gasteiger partial charge is 0.497 e. The highest BCUT2D eigenvalue weighted by Crippen LogP contribution is 2.32. The minimum atomic E-state index is -0.760. The van der Waals surface area contributed by atoms with E-state index >= 15 is 0 Å². The summed E-state index contributed by atoms with van der Waals surface area (Å²) in [4.78, 5) is 20.4. The number of aryl methyl sites for hydroxylation is 1. The van der Waals surface area contributed by atoms with Crippen LogP contribution in [-0.4, -0.2) is 23.8 Å². The number of ether oxygens (including phenoxy) is 1. The van der Waals surface area contributed by atoms with Crippen molar-refractivity contribution in [3.63, 3.8) is 0 Å². The van der Waals surface area contributed by atoms with Crippen molar-refractivity contribution in [1.82, 2.24) is 4.98 Å². The first-order valence-corrected chi connectivity index (χ1v) is 9.11. The molecule has 3 rings (SSSR count). The molecule has 0 fully saturated rings. The summed E-state index contributed by atoms with van der Waals surface area (Å²) in [5, 5.41) is 12.8. The van der Waals surface area contributed by atoms with Gasteiger partial charge >= 0.3 is 0 Å². The smallest absolute Gasteiger partial charge is 0.294 e. The van der Waals surface area contributed by atoms with Gasteiger partial charge in [-0.15, -0.1) is 21.5 Å². The molecule has 0 spiro atoms. The normalized spacial score (nSPS) is 12.1. The number of hydrogen-bond acceptors (Lipinski definition) is 6. The Labute approximate surface area is 155 Å². The molecule has 0 radical (unpaired) electrons. The van der Waals surface area contributed by atoms with E-state index in [2.05, 4.69) is 41.0 Å². The lowest BCUT2D eigenvalue weighted by molar-refractivity contribution is -0.757. The van der Waals surface area contributed by atoms with Gasteiger partial charge in [0.1, 0.15) is 17.4 Å². The lowest BCUT2D eigenvalue weighted by Crippen LogP contribution is -2.04. The van der Waals surface area contributed by atoms with Crippen molar-refractivity contribution in [2.24, 2.45) is 0 Å². The van der Waals surface area contributed by atoms with Crippen molar-refractivity contribution in [1.29, 1.82) is 0 Å². The average Bonchev–Trinajstić information content (AvgIpc) is 3.00. The lowest BCUT2D eigenvalue weighted by atomic mass is 9.98. The molecular weight excluding hydrogens is 352 g/mol. The van der Waals surface area contributed by atoms with Crippen LogP contribution in [0.15, 0.2) is 36.4 Å². The first-order chi connectivity index (χ1) is 12.5. The number of rotatable bonds is 7. The molecule has 1 heterocycles. The van der Waals surface area contributed by atoms with Crippen LogP contribution in [0.3, 0.4) is 0 Å². The van der Waals surface area contributed by atoms with Crippen LogP contribution in [0.4, 0.5) is 0 Å². The number of fused-ring (bicyclic) bond motifs is 1. The molecule has 0 bridgehead atoms. The van der Waals surface area contributed by atoms with Gasteiger partial charge in [-0.1, -0.05) is 31.2 Å². The molecule has 26 heavy (non-hydrogen) atoms. The molecule has 0 amide bonds. The van der Waals surface area contributed by atoms with Crippen LogP contribution < -0.4 is 4.74 Å². The maximum atomic E-state index is 10.3. The van der Waals surface area contributed by atoms with Crippen LogP contribution in [0.2, 0.25) is 0 Å². The molecule has 0 aliphatic heterocycles. The van der Waals surface area contributed by atoms with Gasteiger partial charge in [-0.25, -0.2) is 4.98 Å². The molecule has 1 unspecified atom stereocenters. The van der Waals surface area contributed by atoms with E-state index in [1.54, 1.807) is 18.4 Å². The third-order valence-corrected chi connectivity index (χ3v) is 5.78. The molecule has 1 atom stereocenters. The fourth-order valence-corrected chi connectivity index (χ4v) is 3.99. The number of methoxy groups -OCH3 is 1. The number of thiazole rings is 1. The van der Waals surface area contributed by atoms with Gasteiger partial charge in [-0.3, -0.25) is 0 Å². The highest BCUT2D eigenvalue weighted by atomic mass is 32.1. The van der Waals surface area contributed by atoms with E-state index in [1.165, 1.54) is 5.56 Å². The van der Waals surface area contributed by atoms with E-state index in [0.29, 0.717) is 6.42 Å². The second-order valence-electron chi connectivity index (χ2n) is 6.06. The minimum Gasteiger partial charge on any atom is -0.497 e. The number of hydrogen-bond donors (Lipinski definition) is 0. The fraction of sp³-hybridized carbons (Fsp3) is 0.316. The zero-order valence-corrected chi connectivity index (χ0v) is 15.7. The molecule has 136 valence electrons. The van der Waals surface area contributed by atoms with Crippen LogP contribution in [0, 0.1) is 17.0 Å². The van der Waals surface area contributed by atoms with Crippen LogP contribution in [0.1, 0.15) is 34.0 Å². The minimum absolute atomic E-state index is 0.0572. The first-order valence-electron chi connectivity index (χ1n) is 8.29. The van der Waals surface area contributed by atoms with Gasteiger partial charge in [0.15, 0.2) is 0 Å². The van der Waals surface area contributed by atoms with Crippen LogP contribution >= 0.6 is 11.3 Å². The van der Waals surface area contributed by atoms with Gasteiger partial charge in [0.05, 0.1) is 12.8 Å². The van der Waals surface area contributed by atoms with E-state index in [1.807, 2.05) is 19.1 Å². The maximum Gasteiger partial charge on any atom is 0.294 e. The summed E-state index contributed by atoms with van der Waals surface area (Å²) in [6, 6.07) is 12.4. The van der Waals surface area contributed by atoms with Gasteiger partial charge in [0, 0.05) is 17.2 Å².